The van der Waals surface area contributed by atoms with Crippen molar-refractivity contribution in [3.8, 4) is 0 Å². The van der Waals surface area contributed by atoms with Crippen molar-refractivity contribution in [3.05, 3.63) is 47.6 Å². The van der Waals surface area contributed by atoms with Crippen LogP contribution in [-0.4, -0.2) is 36.5 Å². The molecule has 2 aliphatic rings. The lowest BCUT2D eigenvalue weighted by Crippen LogP contribution is -2.34. The Balaban J connectivity index is 2.31. The molecule has 0 amide bonds. The molecule has 0 spiro atoms. The number of esters is 1. The van der Waals surface area contributed by atoms with Crippen molar-refractivity contribution < 1.29 is 19.4 Å². The summed E-state index contributed by atoms with van der Waals surface area (Å²) in [6.07, 6.45) is 9.24. The van der Waals surface area contributed by atoms with E-state index in [4.69, 9.17) is 9.47 Å². The van der Waals surface area contributed by atoms with Crippen molar-refractivity contribution in [2.75, 3.05) is 13.7 Å². The molecule has 25 heavy (non-hydrogen) atoms. The molecule has 1 aliphatic heterocycles. The standard InChI is InChI=1S/C21H30O4/c1-14-8-9-17-18(7-6-10-21(3,4)24-5)20(23)25-13-19(17)15(2)12-16(22)11-14/h6-7,10-11,16-17,19,22H,2,8-9,12-13H2,1,3-5H3/b10-6+,14-11+,18-7+/t16-,17-,19+/m1/s1. The third-order valence-corrected chi connectivity index (χ3v) is 5.14. The lowest BCUT2D eigenvalue weighted by molar-refractivity contribution is -0.144. The van der Waals surface area contributed by atoms with Crippen molar-refractivity contribution >= 4 is 5.97 Å². The molecule has 1 saturated heterocycles. The molecule has 4 nitrogen and oxygen atoms in total. The molecule has 0 unspecified atom stereocenters. The topological polar surface area (TPSA) is 55.8 Å². The van der Waals surface area contributed by atoms with E-state index in [0.29, 0.717) is 18.6 Å². The average Bonchev–Trinajstić information content (AvgIpc) is 2.58. The van der Waals surface area contributed by atoms with E-state index >= 15 is 0 Å². The first kappa shape index (κ1) is 19.7. The number of carbonyl (C=O) groups excluding carboxylic acids is 1. The summed E-state index contributed by atoms with van der Waals surface area (Å²) in [6.45, 7) is 10.5. The Hall–Kier alpha value is -1.65. The van der Waals surface area contributed by atoms with Crippen molar-refractivity contribution in [2.24, 2.45) is 11.8 Å². The molecule has 0 aromatic heterocycles. The molecule has 0 bridgehead atoms. The molecular weight excluding hydrogens is 316 g/mol. The van der Waals surface area contributed by atoms with Crippen LogP contribution in [0, 0.1) is 11.8 Å². The number of allylic oxidation sites excluding steroid dienone is 3. The number of cyclic esters (lactones) is 1. The lowest BCUT2D eigenvalue weighted by Gasteiger charge is -2.34. The Kier molecular flexibility index (Phi) is 6.42. The highest BCUT2D eigenvalue weighted by Crippen LogP contribution is 2.38. The minimum atomic E-state index is -0.515. The predicted octanol–water partition coefficient (Wildman–Crippen LogP) is 3.73. The second kappa shape index (κ2) is 8.15. The van der Waals surface area contributed by atoms with Gasteiger partial charge in [0.2, 0.25) is 0 Å². The number of hydrogen-bond donors (Lipinski definition) is 1. The molecule has 0 aromatic rings. The third-order valence-electron chi connectivity index (χ3n) is 5.14. The Morgan fingerprint density at radius 2 is 2.12 bits per heavy atom. The van der Waals surface area contributed by atoms with Crippen molar-refractivity contribution in [1.29, 1.82) is 0 Å². The third kappa shape index (κ3) is 5.16. The molecule has 4 heteroatoms. The molecule has 0 aromatic carbocycles. The van der Waals surface area contributed by atoms with Crippen LogP contribution in [0.2, 0.25) is 0 Å². The highest BCUT2D eigenvalue weighted by Gasteiger charge is 2.37. The summed E-state index contributed by atoms with van der Waals surface area (Å²) in [6, 6.07) is 0. The Bertz CT molecular complexity index is 609. The SMILES string of the molecule is C=C1C[C@H](O)/C=C(\C)CC[C@@H]2/C(=C\C=C\C(C)(C)OC)C(=O)OC[C@@H]12. The van der Waals surface area contributed by atoms with Crippen molar-refractivity contribution in [3.63, 3.8) is 0 Å². The maximum absolute atomic E-state index is 12.4. The van der Waals surface area contributed by atoms with Gasteiger partial charge in [-0.1, -0.05) is 42.0 Å². The molecule has 0 saturated carbocycles. The summed E-state index contributed by atoms with van der Waals surface area (Å²) in [5.74, 6) is -0.130. The smallest absolute Gasteiger partial charge is 0.334 e. The zero-order chi connectivity index (χ0) is 18.6. The zero-order valence-corrected chi connectivity index (χ0v) is 15.7. The van der Waals surface area contributed by atoms with Gasteiger partial charge in [-0.15, -0.1) is 0 Å². The van der Waals surface area contributed by atoms with Gasteiger partial charge in [0.1, 0.15) is 0 Å². The molecule has 1 fully saturated rings. The molecule has 1 N–H and O–H groups in total. The number of hydrogen-bond acceptors (Lipinski definition) is 4. The minimum absolute atomic E-state index is 0.0572. The number of rotatable bonds is 3. The Morgan fingerprint density at radius 3 is 2.80 bits per heavy atom. The highest BCUT2D eigenvalue weighted by molar-refractivity contribution is 5.90. The van der Waals surface area contributed by atoms with Crippen LogP contribution >= 0.6 is 0 Å². The van der Waals surface area contributed by atoms with E-state index in [1.54, 1.807) is 7.11 Å². The first-order valence-corrected chi connectivity index (χ1v) is 8.88. The Morgan fingerprint density at radius 1 is 1.40 bits per heavy atom. The van der Waals surface area contributed by atoms with Crippen LogP contribution < -0.4 is 0 Å². The molecule has 3 atom stereocenters. The fourth-order valence-corrected chi connectivity index (χ4v) is 3.41. The number of carbonyl (C=O) groups is 1. The van der Waals surface area contributed by atoms with Gasteiger partial charge in [0, 0.05) is 24.5 Å². The van der Waals surface area contributed by atoms with Gasteiger partial charge in [-0.05, 0) is 40.0 Å². The fraction of sp³-hybridized carbons (Fsp3) is 0.571. The summed E-state index contributed by atoms with van der Waals surface area (Å²) in [7, 11) is 1.66. The number of aliphatic hydroxyl groups excluding tert-OH is 1. The van der Waals surface area contributed by atoms with Gasteiger partial charge in [-0.2, -0.15) is 0 Å². The first-order valence-electron chi connectivity index (χ1n) is 8.88. The summed E-state index contributed by atoms with van der Waals surface area (Å²) < 4.78 is 10.8. The maximum Gasteiger partial charge on any atom is 0.334 e. The molecule has 138 valence electrons. The van der Waals surface area contributed by atoms with Crippen LogP contribution in [0.1, 0.15) is 40.0 Å². The average molecular weight is 346 g/mol. The molecule has 2 rings (SSSR count). The summed E-state index contributed by atoms with van der Waals surface area (Å²) in [5, 5.41) is 10.2. The van der Waals surface area contributed by atoms with Crippen LogP contribution in [0.25, 0.3) is 0 Å². The molecular formula is C21H30O4. The lowest BCUT2D eigenvalue weighted by atomic mass is 9.76. The fourth-order valence-electron chi connectivity index (χ4n) is 3.41. The van der Waals surface area contributed by atoms with Crippen molar-refractivity contribution in [2.45, 2.75) is 51.7 Å². The van der Waals surface area contributed by atoms with E-state index in [0.717, 1.165) is 24.0 Å². The second-order valence-corrected chi connectivity index (χ2v) is 7.58. The van der Waals surface area contributed by atoms with E-state index in [-0.39, 0.29) is 23.4 Å². The van der Waals surface area contributed by atoms with Crippen LogP contribution in [0.5, 0.6) is 0 Å². The van der Waals surface area contributed by atoms with Gasteiger partial charge < -0.3 is 14.6 Å². The Labute approximate surface area is 150 Å². The number of methoxy groups -OCH3 is 1. The van der Waals surface area contributed by atoms with Gasteiger partial charge in [0.05, 0.1) is 18.3 Å². The van der Waals surface area contributed by atoms with E-state index in [1.165, 1.54) is 0 Å². The van der Waals surface area contributed by atoms with Crippen LogP contribution in [0.15, 0.2) is 47.6 Å². The number of fused-ring (bicyclic) bond motifs is 1. The van der Waals surface area contributed by atoms with Crippen molar-refractivity contribution in [1.82, 2.24) is 0 Å². The van der Waals surface area contributed by atoms with Gasteiger partial charge in [0.15, 0.2) is 0 Å². The number of aliphatic hydroxyl groups is 1. The van der Waals surface area contributed by atoms with Crippen LogP contribution in [-0.2, 0) is 14.3 Å². The van der Waals surface area contributed by atoms with Crippen LogP contribution in [0.3, 0.4) is 0 Å². The van der Waals surface area contributed by atoms with Gasteiger partial charge in [-0.25, -0.2) is 4.79 Å². The minimum Gasteiger partial charge on any atom is -0.462 e. The molecule has 1 heterocycles. The summed E-state index contributed by atoms with van der Waals surface area (Å²) >= 11 is 0. The van der Waals surface area contributed by atoms with Gasteiger partial charge in [-0.3, -0.25) is 0 Å². The number of ether oxygens (including phenoxy) is 2. The highest BCUT2D eigenvalue weighted by atomic mass is 16.5. The summed E-state index contributed by atoms with van der Waals surface area (Å²) in [5.41, 5.74) is 2.39. The second-order valence-electron chi connectivity index (χ2n) is 7.58. The normalized spacial score (nSPS) is 32.4. The maximum atomic E-state index is 12.4. The summed E-state index contributed by atoms with van der Waals surface area (Å²) in [4.78, 5) is 12.4. The van der Waals surface area contributed by atoms with Crippen LogP contribution in [0.4, 0.5) is 0 Å². The van der Waals surface area contributed by atoms with E-state index in [2.05, 4.69) is 6.58 Å². The predicted molar refractivity (Wildman–Crippen MR) is 99.0 cm³/mol. The van der Waals surface area contributed by atoms with E-state index in [9.17, 15) is 9.90 Å². The molecule has 1 aliphatic carbocycles. The quantitative estimate of drug-likeness (QED) is 0.481. The van der Waals surface area contributed by atoms with Gasteiger partial charge >= 0.3 is 5.97 Å². The monoisotopic (exact) mass is 346 g/mol. The largest absolute Gasteiger partial charge is 0.462 e. The zero-order valence-electron chi connectivity index (χ0n) is 15.7. The first-order chi connectivity index (χ1) is 11.7. The van der Waals surface area contributed by atoms with E-state index < -0.39 is 6.10 Å². The van der Waals surface area contributed by atoms with E-state index in [1.807, 2.05) is 45.1 Å². The molecule has 0 radical (unpaired) electrons. The van der Waals surface area contributed by atoms with Gasteiger partial charge in [0.25, 0.3) is 0 Å².